The lowest BCUT2D eigenvalue weighted by molar-refractivity contribution is 0.101. The molecule has 0 fully saturated rings. The van der Waals surface area contributed by atoms with E-state index in [-0.39, 0.29) is 5.78 Å². The van der Waals surface area contributed by atoms with Crippen LogP contribution in [0.2, 0.25) is 0 Å². The van der Waals surface area contributed by atoms with Gasteiger partial charge in [0, 0.05) is 12.3 Å². The van der Waals surface area contributed by atoms with Gasteiger partial charge in [0.1, 0.15) is 11.4 Å². The van der Waals surface area contributed by atoms with Crippen LogP contribution in [0.25, 0.3) is 10.9 Å². The second-order valence-corrected chi connectivity index (χ2v) is 4.76. The molecule has 0 aliphatic carbocycles. The first-order valence-electron chi connectivity index (χ1n) is 6.67. The zero-order valence-corrected chi connectivity index (χ0v) is 11.7. The topological polar surface area (TPSA) is 39.2 Å². The van der Waals surface area contributed by atoms with Gasteiger partial charge in [-0.25, -0.2) is 4.98 Å². The van der Waals surface area contributed by atoms with E-state index in [1.165, 1.54) is 6.92 Å². The summed E-state index contributed by atoms with van der Waals surface area (Å²) in [5, 5.41) is 1.04. The number of aryl methyl sites for hydroxylation is 1. The fraction of sp³-hybridized carbons (Fsp3) is 0.375. The summed E-state index contributed by atoms with van der Waals surface area (Å²) in [4.78, 5) is 15.8. The molecule has 0 bridgehead atoms. The van der Waals surface area contributed by atoms with Crippen molar-refractivity contribution in [3.8, 4) is 5.75 Å². The lowest BCUT2D eigenvalue weighted by atomic mass is 10.1. The Morgan fingerprint density at radius 3 is 2.79 bits per heavy atom. The highest BCUT2D eigenvalue weighted by Gasteiger charge is 2.07. The van der Waals surface area contributed by atoms with E-state index in [1.807, 2.05) is 31.2 Å². The van der Waals surface area contributed by atoms with E-state index in [0.717, 1.165) is 41.7 Å². The summed E-state index contributed by atoms with van der Waals surface area (Å²) in [5.41, 5.74) is 2.41. The first-order valence-corrected chi connectivity index (χ1v) is 6.67. The highest BCUT2D eigenvalue weighted by Crippen LogP contribution is 2.23. The molecule has 0 amide bonds. The number of ketones is 1. The number of Topliss-reactive ketones (excluding diaryl/α,β-unsaturated/α-hetero) is 1. The summed E-state index contributed by atoms with van der Waals surface area (Å²) >= 11 is 0. The molecular weight excluding hydrogens is 238 g/mol. The van der Waals surface area contributed by atoms with Gasteiger partial charge in [0.25, 0.3) is 0 Å². The van der Waals surface area contributed by atoms with Crippen LogP contribution in [-0.2, 0) is 0 Å². The van der Waals surface area contributed by atoms with Gasteiger partial charge in [-0.3, -0.25) is 4.79 Å². The van der Waals surface area contributed by atoms with Gasteiger partial charge in [-0.05, 0) is 43.2 Å². The number of hydrogen-bond donors (Lipinski definition) is 0. The van der Waals surface area contributed by atoms with Gasteiger partial charge in [0.15, 0.2) is 5.78 Å². The van der Waals surface area contributed by atoms with Crippen molar-refractivity contribution in [1.82, 2.24) is 4.98 Å². The van der Waals surface area contributed by atoms with E-state index in [9.17, 15) is 4.79 Å². The Labute approximate surface area is 113 Å². The van der Waals surface area contributed by atoms with Gasteiger partial charge in [-0.15, -0.1) is 0 Å². The smallest absolute Gasteiger partial charge is 0.178 e. The van der Waals surface area contributed by atoms with Crippen LogP contribution in [0.5, 0.6) is 5.75 Å². The van der Waals surface area contributed by atoms with E-state index in [1.54, 1.807) is 0 Å². The maximum Gasteiger partial charge on any atom is 0.178 e. The van der Waals surface area contributed by atoms with Crippen LogP contribution in [0, 0.1) is 6.92 Å². The number of nitrogens with zero attached hydrogens (tertiary/aromatic N) is 1. The molecule has 1 heterocycles. The van der Waals surface area contributed by atoms with E-state index in [2.05, 4.69) is 11.9 Å². The summed E-state index contributed by atoms with van der Waals surface area (Å²) in [5.74, 6) is 0.856. The number of unbranched alkanes of at least 4 members (excludes halogenated alkanes) is 1. The molecule has 1 aromatic heterocycles. The van der Waals surface area contributed by atoms with Gasteiger partial charge < -0.3 is 4.74 Å². The van der Waals surface area contributed by atoms with Crippen molar-refractivity contribution in [3.63, 3.8) is 0 Å². The Morgan fingerprint density at radius 2 is 2.11 bits per heavy atom. The quantitative estimate of drug-likeness (QED) is 0.602. The molecule has 2 rings (SSSR count). The molecule has 0 saturated carbocycles. The molecule has 100 valence electrons. The van der Waals surface area contributed by atoms with Crippen LogP contribution in [0.3, 0.4) is 0 Å². The van der Waals surface area contributed by atoms with E-state index in [4.69, 9.17) is 4.74 Å². The number of hydrogen-bond acceptors (Lipinski definition) is 3. The molecular formula is C16H19NO2. The van der Waals surface area contributed by atoms with Crippen molar-refractivity contribution in [3.05, 3.63) is 35.5 Å². The summed E-state index contributed by atoms with van der Waals surface area (Å²) in [6.07, 6.45) is 2.18. The third-order valence-corrected chi connectivity index (χ3v) is 3.11. The van der Waals surface area contributed by atoms with Crippen LogP contribution in [0.15, 0.2) is 24.3 Å². The van der Waals surface area contributed by atoms with Crippen molar-refractivity contribution in [2.75, 3.05) is 6.61 Å². The van der Waals surface area contributed by atoms with Gasteiger partial charge in [-0.1, -0.05) is 13.3 Å². The minimum Gasteiger partial charge on any atom is -0.494 e. The molecule has 19 heavy (non-hydrogen) atoms. The van der Waals surface area contributed by atoms with Gasteiger partial charge >= 0.3 is 0 Å². The van der Waals surface area contributed by atoms with Crippen LogP contribution >= 0.6 is 0 Å². The van der Waals surface area contributed by atoms with Crippen molar-refractivity contribution >= 4 is 16.7 Å². The summed E-state index contributed by atoms with van der Waals surface area (Å²) in [6, 6.07) is 7.65. The molecule has 0 aliphatic heterocycles. The minimum absolute atomic E-state index is 0.00623. The van der Waals surface area contributed by atoms with E-state index < -0.39 is 0 Å². The number of carbonyl (C=O) groups excluding carboxylic acids is 1. The molecule has 0 spiro atoms. The van der Waals surface area contributed by atoms with E-state index >= 15 is 0 Å². The largest absolute Gasteiger partial charge is 0.494 e. The molecule has 0 N–H and O–H groups in total. The van der Waals surface area contributed by atoms with Gasteiger partial charge in [0.2, 0.25) is 0 Å². The lowest BCUT2D eigenvalue weighted by Crippen LogP contribution is -2.00. The normalized spacial score (nSPS) is 10.7. The number of carbonyl (C=O) groups is 1. The molecule has 2 aromatic rings. The maximum atomic E-state index is 11.4. The summed E-state index contributed by atoms with van der Waals surface area (Å²) in [7, 11) is 0. The molecule has 3 heteroatoms. The Balaban J connectivity index is 2.35. The van der Waals surface area contributed by atoms with Gasteiger partial charge in [0.05, 0.1) is 12.1 Å². The predicted molar refractivity (Wildman–Crippen MR) is 76.9 cm³/mol. The molecule has 3 nitrogen and oxygen atoms in total. The standard InChI is InChI=1S/C16H19NO2/c1-4-5-8-19-13-6-7-15-14(10-13)11(2)9-16(17-15)12(3)18/h6-7,9-10H,4-5,8H2,1-3H3. The molecule has 0 unspecified atom stereocenters. The van der Waals surface area contributed by atoms with Crippen LogP contribution in [-0.4, -0.2) is 17.4 Å². The highest BCUT2D eigenvalue weighted by atomic mass is 16.5. The number of fused-ring (bicyclic) bond motifs is 1. The third kappa shape index (κ3) is 3.11. The summed E-state index contributed by atoms with van der Waals surface area (Å²) in [6.45, 7) is 6.41. The van der Waals surface area contributed by atoms with Crippen LogP contribution in [0.4, 0.5) is 0 Å². The number of ether oxygens (including phenoxy) is 1. The predicted octanol–water partition coefficient (Wildman–Crippen LogP) is 3.92. The first-order chi connectivity index (χ1) is 9.11. The number of benzene rings is 1. The minimum atomic E-state index is -0.00623. The average molecular weight is 257 g/mol. The average Bonchev–Trinajstić information content (AvgIpc) is 2.39. The van der Waals surface area contributed by atoms with Crippen molar-refractivity contribution in [2.45, 2.75) is 33.6 Å². The Hall–Kier alpha value is -1.90. The van der Waals surface area contributed by atoms with E-state index in [0.29, 0.717) is 5.69 Å². The number of rotatable bonds is 5. The monoisotopic (exact) mass is 257 g/mol. The Bertz CT molecular complexity index is 605. The second kappa shape index (κ2) is 5.83. The Kier molecular flexibility index (Phi) is 4.15. The fourth-order valence-corrected chi connectivity index (χ4v) is 1.98. The lowest BCUT2D eigenvalue weighted by Gasteiger charge is -2.08. The molecule has 0 radical (unpaired) electrons. The number of pyridine rings is 1. The van der Waals surface area contributed by atoms with Gasteiger partial charge in [-0.2, -0.15) is 0 Å². The van der Waals surface area contributed by atoms with Crippen LogP contribution < -0.4 is 4.74 Å². The zero-order valence-electron chi connectivity index (χ0n) is 11.7. The second-order valence-electron chi connectivity index (χ2n) is 4.76. The maximum absolute atomic E-state index is 11.4. The molecule has 0 atom stereocenters. The van der Waals surface area contributed by atoms with Crippen molar-refractivity contribution < 1.29 is 9.53 Å². The fourth-order valence-electron chi connectivity index (χ4n) is 1.98. The van der Waals surface area contributed by atoms with Crippen molar-refractivity contribution in [1.29, 1.82) is 0 Å². The third-order valence-electron chi connectivity index (χ3n) is 3.11. The SMILES string of the molecule is CCCCOc1ccc2nc(C(C)=O)cc(C)c2c1. The van der Waals surface area contributed by atoms with Crippen molar-refractivity contribution in [2.24, 2.45) is 0 Å². The first kappa shape index (κ1) is 13.5. The highest BCUT2D eigenvalue weighted by molar-refractivity contribution is 5.96. The molecule has 1 aromatic carbocycles. The summed E-state index contributed by atoms with van der Waals surface area (Å²) < 4.78 is 5.69. The zero-order chi connectivity index (χ0) is 13.8. The molecule has 0 saturated heterocycles. The Morgan fingerprint density at radius 1 is 1.32 bits per heavy atom. The molecule has 0 aliphatic rings. The van der Waals surface area contributed by atoms with Crippen LogP contribution in [0.1, 0.15) is 42.7 Å². The number of aromatic nitrogens is 1.